The Hall–Kier alpha value is -2.09. The molecule has 0 saturated carbocycles. The molecule has 5 rings (SSSR count). The molecule has 0 atom stereocenters. The highest BCUT2D eigenvalue weighted by Gasteiger charge is 2.38. The summed E-state index contributed by atoms with van der Waals surface area (Å²) in [5, 5.41) is 3.53. The molecule has 2 aliphatic rings. The van der Waals surface area contributed by atoms with E-state index in [0.29, 0.717) is 38.0 Å². The number of thiazole rings is 1. The van der Waals surface area contributed by atoms with E-state index in [2.05, 4.69) is 4.98 Å². The van der Waals surface area contributed by atoms with E-state index in [9.17, 15) is 4.79 Å². The quantitative estimate of drug-likeness (QED) is 0.671. The maximum Gasteiger partial charge on any atom is 0.261 e. The van der Waals surface area contributed by atoms with Crippen molar-refractivity contribution in [2.75, 3.05) is 13.2 Å². The van der Waals surface area contributed by atoms with E-state index in [0.717, 1.165) is 28.3 Å². The molecule has 1 saturated heterocycles. The highest BCUT2D eigenvalue weighted by atomic mass is 32.1. The van der Waals surface area contributed by atoms with E-state index in [1.807, 2.05) is 23.6 Å². The summed E-state index contributed by atoms with van der Waals surface area (Å²) in [5.74, 6) is 0.267. The second kappa shape index (κ2) is 5.72. The molecule has 7 heteroatoms. The average Bonchev–Trinajstić information content (AvgIpc) is 3.28. The van der Waals surface area contributed by atoms with Gasteiger partial charge in [-0.05, 0) is 12.1 Å². The van der Waals surface area contributed by atoms with Crippen LogP contribution in [0.3, 0.4) is 0 Å². The molecule has 1 fully saturated rings. The van der Waals surface area contributed by atoms with Crippen LogP contribution in [0.15, 0.2) is 34.6 Å². The van der Waals surface area contributed by atoms with E-state index in [4.69, 9.17) is 14.5 Å². The Labute approximate surface area is 148 Å². The van der Waals surface area contributed by atoms with Gasteiger partial charge in [-0.1, -0.05) is 6.07 Å². The van der Waals surface area contributed by atoms with Crippen molar-refractivity contribution in [1.82, 2.24) is 14.5 Å². The molecule has 0 amide bonds. The molecule has 2 aromatic heterocycles. The third-order valence-electron chi connectivity index (χ3n) is 4.97. The topological polar surface area (TPSA) is 66.2 Å². The summed E-state index contributed by atoms with van der Waals surface area (Å²) in [6.07, 6.45) is 3.87. The van der Waals surface area contributed by atoms with Gasteiger partial charge in [0.25, 0.3) is 5.56 Å². The fourth-order valence-electron chi connectivity index (χ4n) is 3.68. The van der Waals surface area contributed by atoms with Gasteiger partial charge in [0.15, 0.2) is 5.79 Å². The van der Waals surface area contributed by atoms with Crippen LogP contribution in [0.1, 0.15) is 18.7 Å². The van der Waals surface area contributed by atoms with Gasteiger partial charge < -0.3 is 9.47 Å². The zero-order chi connectivity index (χ0) is 16.9. The molecular formula is C18H17N3O3S. The summed E-state index contributed by atoms with van der Waals surface area (Å²) < 4.78 is 13.4. The van der Waals surface area contributed by atoms with Gasteiger partial charge >= 0.3 is 0 Å². The molecular weight excluding hydrogens is 338 g/mol. The number of benzene rings is 1. The Balaban J connectivity index is 1.60. The first-order chi connectivity index (χ1) is 12.2. The summed E-state index contributed by atoms with van der Waals surface area (Å²) in [6, 6.07) is 5.76. The van der Waals surface area contributed by atoms with Crippen LogP contribution in [0.5, 0.6) is 0 Å². The van der Waals surface area contributed by atoms with Gasteiger partial charge in [-0.3, -0.25) is 9.36 Å². The van der Waals surface area contributed by atoms with Crippen LogP contribution < -0.4 is 5.56 Å². The van der Waals surface area contributed by atoms with E-state index in [1.54, 1.807) is 22.1 Å². The molecule has 1 aromatic carbocycles. The molecule has 2 aliphatic heterocycles. The minimum absolute atomic E-state index is 0.0146. The van der Waals surface area contributed by atoms with Crippen LogP contribution >= 0.6 is 11.3 Å². The summed E-state index contributed by atoms with van der Waals surface area (Å²) in [5.41, 5.74) is 1.74. The lowest BCUT2D eigenvalue weighted by molar-refractivity contribution is -0.165. The fraction of sp³-hybridized carbons (Fsp3) is 0.389. The molecule has 25 heavy (non-hydrogen) atoms. The van der Waals surface area contributed by atoms with Crippen molar-refractivity contribution in [2.45, 2.75) is 31.6 Å². The fourth-order valence-corrected chi connectivity index (χ4v) is 4.32. The standard InChI is InChI=1S/C18H17N3O3S/c22-17-13-2-1-12(16-19-6-10-25-16)11-14(13)20-15-3-4-18(5-7-21(15)17)23-8-9-24-18/h1-2,6,10-11H,3-5,7-9H2. The van der Waals surface area contributed by atoms with E-state index in [1.165, 1.54) is 0 Å². The number of aryl methyl sites for hydroxylation is 1. The monoisotopic (exact) mass is 355 g/mol. The lowest BCUT2D eigenvalue weighted by atomic mass is 10.1. The van der Waals surface area contributed by atoms with Gasteiger partial charge in [0.2, 0.25) is 0 Å². The van der Waals surface area contributed by atoms with E-state index < -0.39 is 5.79 Å². The summed E-state index contributed by atoms with van der Waals surface area (Å²) >= 11 is 1.58. The van der Waals surface area contributed by atoms with Crippen LogP contribution in [-0.4, -0.2) is 33.5 Å². The van der Waals surface area contributed by atoms with Gasteiger partial charge in [-0.2, -0.15) is 0 Å². The third-order valence-corrected chi connectivity index (χ3v) is 5.80. The van der Waals surface area contributed by atoms with Crippen molar-refractivity contribution >= 4 is 22.2 Å². The molecule has 0 radical (unpaired) electrons. The molecule has 0 bridgehead atoms. The van der Waals surface area contributed by atoms with Crippen molar-refractivity contribution in [3.63, 3.8) is 0 Å². The van der Waals surface area contributed by atoms with Crippen LogP contribution in [-0.2, 0) is 22.4 Å². The molecule has 0 unspecified atom stereocenters. The van der Waals surface area contributed by atoms with Crippen molar-refractivity contribution in [1.29, 1.82) is 0 Å². The third kappa shape index (κ3) is 2.50. The average molecular weight is 355 g/mol. The van der Waals surface area contributed by atoms with Crippen molar-refractivity contribution in [2.24, 2.45) is 0 Å². The lowest BCUT2D eigenvalue weighted by Crippen LogP contribution is -2.31. The first-order valence-electron chi connectivity index (χ1n) is 8.45. The molecule has 128 valence electrons. The number of nitrogens with zero attached hydrogens (tertiary/aromatic N) is 3. The Kier molecular flexibility index (Phi) is 3.48. The largest absolute Gasteiger partial charge is 0.347 e. The number of hydrogen-bond donors (Lipinski definition) is 0. The van der Waals surface area contributed by atoms with Crippen LogP contribution in [0.4, 0.5) is 0 Å². The normalized spacial score (nSPS) is 19.2. The highest BCUT2D eigenvalue weighted by molar-refractivity contribution is 7.13. The Morgan fingerprint density at radius 1 is 1.20 bits per heavy atom. The van der Waals surface area contributed by atoms with Crippen LogP contribution in [0.2, 0.25) is 0 Å². The highest BCUT2D eigenvalue weighted by Crippen LogP contribution is 2.32. The molecule has 0 aliphatic carbocycles. The number of ether oxygens (including phenoxy) is 2. The maximum absolute atomic E-state index is 13.0. The SMILES string of the molecule is O=c1c2ccc(-c3nccs3)cc2nc2n1CCC1(CC2)OCCO1. The number of hydrogen-bond acceptors (Lipinski definition) is 6. The summed E-state index contributed by atoms with van der Waals surface area (Å²) in [6.45, 7) is 1.82. The first kappa shape index (κ1) is 15.2. The molecule has 6 nitrogen and oxygen atoms in total. The Bertz CT molecular complexity index is 991. The maximum atomic E-state index is 13.0. The number of rotatable bonds is 1. The molecule has 3 aromatic rings. The minimum atomic E-state index is -0.543. The Morgan fingerprint density at radius 2 is 2.08 bits per heavy atom. The zero-order valence-electron chi connectivity index (χ0n) is 13.6. The smallest absolute Gasteiger partial charge is 0.261 e. The lowest BCUT2D eigenvalue weighted by Gasteiger charge is -2.24. The zero-order valence-corrected chi connectivity index (χ0v) is 14.4. The first-order valence-corrected chi connectivity index (χ1v) is 9.33. The molecule has 4 heterocycles. The molecule has 0 N–H and O–H groups in total. The van der Waals surface area contributed by atoms with Crippen molar-refractivity contribution in [3.05, 3.63) is 46.0 Å². The summed E-state index contributed by atoms with van der Waals surface area (Å²) in [4.78, 5) is 22.1. The van der Waals surface area contributed by atoms with E-state index in [-0.39, 0.29) is 5.56 Å². The van der Waals surface area contributed by atoms with Gasteiger partial charge in [-0.15, -0.1) is 11.3 Å². The second-order valence-corrected chi connectivity index (χ2v) is 7.31. The van der Waals surface area contributed by atoms with Gasteiger partial charge in [0, 0.05) is 42.9 Å². The van der Waals surface area contributed by atoms with Gasteiger partial charge in [0.1, 0.15) is 10.8 Å². The molecule has 1 spiro atoms. The minimum Gasteiger partial charge on any atom is -0.347 e. The number of aromatic nitrogens is 3. The van der Waals surface area contributed by atoms with Gasteiger partial charge in [0.05, 0.1) is 24.1 Å². The van der Waals surface area contributed by atoms with Crippen LogP contribution in [0, 0.1) is 0 Å². The Morgan fingerprint density at radius 3 is 2.88 bits per heavy atom. The van der Waals surface area contributed by atoms with Crippen molar-refractivity contribution < 1.29 is 9.47 Å². The van der Waals surface area contributed by atoms with Crippen LogP contribution in [0.25, 0.3) is 21.5 Å². The number of fused-ring (bicyclic) bond motifs is 2. The predicted octanol–water partition coefficient (Wildman–Crippen LogP) is 2.60. The second-order valence-electron chi connectivity index (χ2n) is 6.41. The van der Waals surface area contributed by atoms with Crippen molar-refractivity contribution in [3.8, 4) is 10.6 Å². The van der Waals surface area contributed by atoms with E-state index >= 15 is 0 Å². The van der Waals surface area contributed by atoms with Gasteiger partial charge in [-0.25, -0.2) is 9.97 Å². The summed E-state index contributed by atoms with van der Waals surface area (Å²) in [7, 11) is 0. The predicted molar refractivity (Wildman–Crippen MR) is 94.7 cm³/mol.